The lowest BCUT2D eigenvalue weighted by atomic mass is 9.48. The van der Waals surface area contributed by atoms with Crippen LogP contribution in [0.15, 0.2) is 12.2 Å². The maximum atomic E-state index is 13.2. The van der Waals surface area contributed by atoms with Crippen LogP contribution in [0, 0.1) is 34.5 Å². The third-order valence-corrected chi connectivity index (χ3v) is 9.06. The van der Waals surface area contributed by atoms with Gasteiger partial charge in [-0.1, -0.05) is 19.9 Å². The van der Waals surface area contributed by atoms with Crippen LogP contribution in [-0.2, 0) is 9.59 Å². The highest BCUT2D eigenvalue weighted by Gasteiger charge is 2.61. The van der Waals surface area contributed by atoms with Gasteiger partial charge >= 0.3 is 0 Å². The molecular formula is C23H36N2O2. The van der Waals surface area contributed by atoms with Crippen LogP contribution in [0.2, 0.25) is 0 Å². The zero-order valence-electron chi connectivity index (χ0n) is 17.5. The van der Waals surface area contributed by atoms with Gasteiger partial charge in [0.25, 0.3) is 0 Å². The number of amides is 2. The average Bonchev–Trinajstić information content (AvgIpc) is 3.00. The number of rotatable bonds is 3. The van der Waals surface area contributed by atoms with E-state index in [0.717, 1.165) is 32.4 Å². The van der Waals surface area contributed by atoms with E-state index in [-0.39, 0.29) is 28.7 Å². The third-order valence-electron chi connectivity index (χ3n) is 9.06. The molecular weight excluding hydrogens is 336 g/mol. The summed E-state index contributed by atoms with van der Waals surface area (Å²) in [5.74, 6) is 2.66. The molecule has 0 saturated heterocycles. The number of nitrogens with one attached hydrogen (secondary N) is 1. The quantitative estimate of drug-likeness (QED) is 0.820. The number of carbonyl (C=O) groups is 2. The predicted octanol–water partition coefficient (Wildman–Crippen LogP) is 3.77. The topological polar surface area (TPSA) is 49.4 Å². The van der Waals surface area contributed by atoms with E-state index < -0.39 is 0 Å². The van der Waals surface area contributed by atoms with Crippen molar-refractivity contribution in [2.45, 2.75) is 72.3 Å². The monoisotopic (exact) mass is 372 g/mol. The lowest BCUT2D eigenvalue weighted by molar-refractivity contribution is -0.143. The third kappa shape index (κ3) is 2.69. The van der Waals surface area contributed by atoms with Crippen LogP contribution in [0.25, 0.3) is 0 Å². The molecule has 3 aliphatic carbocycles. The van der Waals surface area contributed by atoms with Gasteiger partial charge in [-0.15, -0.1) is 0 Å². The molecule has 27 heavy (non-hydrogen) atoms. The Kier molecular flexibility index (Phi) is 4.67. The van der Waals surface area contributed by atoms with E-state index in [1.807, 2.05) is 4.90 Å². The molecule has 150 valence electrons. The van der Waals surface area contributed by atoms with Crippen LogP contribution in [0.4, 0.5) is 0 Å². The molecule has 7 atom stereocenters. The molecule has 4 nitrogen and oxygen atoms in total. The normalized spacial score (nSPS) is 45.5. The Labute approximate surface area is 164 Å². The Morgan fingerprint density at radius 1 is 1.11 bits per heavy atom. The molecule has 1 N–H and O–H groups in total. The van der Waals surface area contributed by atoms with Crippen molar-refractivity contribution in [1.29, 1.82) is 0 Å². The molecule has 0 unspecified atom stereocenters. The molecule has 2 amide bonds. The lowest BCUT2D eigenvalue weighted by Crippen LogP contribution is -2.59. The Morgan fingerprint density at radius 2 is 1.85 bits per heavy atom. The van der Waals surface area contributed by atoms with Crippen molar-refractivity contribution in [3.8, 4) is 0 Å². The molecule has 1 heterocycles. The van der Waals surface area contributed by atoms with Crippen LogP contribution in [0.5, 0.6) is 0 Å². The van der Waals surface area contributed by atoms with Gasteiger partial charge in [0, 0.05) is 30.5 Å². The molecule has 0 aromatic heterocycles. The largest absolute Gasteiger partial charge is 0.349 e. The van der Waals surface area contributed by atoms with Gasteiger partial charge in [0.2, 0.25) is 11.8 Å². The van der Waals surface area contributed by atoms with Gasteiger partial charge in [0.05, 0.1) is 0 Å². The van der Waals surface area contributed by atoms with Crippen molar-refractivity contribution >= 4 is 11.8 Å². The smallest absolute Gasteiger partial charge is 0.243 e. The Balaban J connectivity index is 1.60. The molecule has 4 aliphatic rings. The average molecular weight is 373 g/mol. The first-order valence-electron chi connectivity index (χ1n) is 11.1. The molecule has 3 saturated carbocycles. The zero-order valence-corrected chi connectivity index (χ0v) is 17.5. The van der Waals surface area contributed by atoms with E-state index in [1.54, 1.807) is 6.08 Å². The summed E-state index contributed by atoms with van der Waals surface area (Å²) in [6.45, 7) is 10.6. The summed E-state index contributed by atoms with van der Waals surface area (Å²) in [5, 5.41) is 3.23. The summed E-state index contributed by atoms with van der Waals surface area (Å²) in [6.07, 6.45) is 10.9. The maximum Gasteiger partial charge on any atom is 0.243 e. The first kappa shape index (κ1) is 19.0. The minimum atomic E-state index is 0.0716. The molecule has 1 aliphatic heterocycles. The predicted molar refractivity (Wildman–Crippen MR) is 107 cm³/mol. The van der Waals surface area contributed by atoms with Crippen molar-refractivity contribution in [2.75, 3.05) is 13.1 Å². The molecule has 4 heteroatoms. The van der Waals surface area contributed by atoms with Crippen LogP contribution in [0.1, 0.15) is 66.2 Å². The summed E-state index contributed by atoms with van der Waals surface area (Å²) < 4.78 is 0. The number of hydrogen-bond acceptors (Lipinski definition) is 2. The number of nitrogens with zero attached hydrogens (tertiary/aromatic N) is 1. The van der Waals surface area contributed by atoms with E-state index >= 15 is 0 Å². The number of hydrogen-bond donors (Lipinski definition) is 1. The summed E-state index contributed by atoms with van der Waals surface area (Å²) >= 11 is 0. The van der Waals surface area contributed by atoms with Crippen LogP contribution in [-0.4, -0.2) is 35.8 Å². The number of fused-ring (bicyclic) bond motifs is 5. The Bertz CT molecular complexity index is 655. The second kappa shape index (κ2) is 6.63. The van der Waals surface area contributed by atoms with E-state index in [0.29, 0.717) is 23.7 Å². The maximum absolute atomic E-state index is 13.2. The van der Waals surface area contributed by atoms with Gasteiger partial charge < -0.3 is 10.2 Å². The van der Waals surface area contributed by atoms with Crippen molar-refractivity contribution in [3.05, 3.63) is 12.2 Å². The van der Waals surface area contributed by atoms with Gasteiger partial charge in [0.1, 0.15) is 0 Å². The molecule has 0 radical (unpaired) electrons. The Morgan fingerprint density at radius 3 is 2.56 bits per heavy atom. The number of carbonyl (C=O) groups excluding carboxylic acids is 2. The van der Waals surface area contributed by atoms with Crippen LogP contribution in [0.3, 0.4) is 0 Å². The van der Waals surface area contributed by atoms with Crippen molar-refractivity contribution < 1.29 is 9.59 Å². The molecule has 0 aromatic rings. The van der Waals surface area contributed by atoms with Gasteiger partial charge in [-0.3, -0.25) is 9.59 Å². The van der Waals surface area contributed by atoms with E-state index in [1.165, 1.54) is 19.3 Å². The second-order valence-corrected chi connectivity index (χ2v) is 9.90. The van der Waals surface area contributed by atoms with Crippen molar-refractivity contribution in [3.63, 3.8) is 0 Å². The molecule has 0 bridgehead atoms. The fourth-order valence-electron chi connectivity index (χ4n) is 7.49. The first-order chi connectivity index (χ1) is 12.8. The standard InChI is InChI=1S/C23H36N2O2/c1-5-25(6-2)21(27)18-9-8-16-15-7-10-19-23(4,14-12-20(26)24-19)17(15)11-13-22(16,18)3/h12,14-19H,5-11,13H2,1-4H3,(H,24,26)/t15-,16-,17-,18+,19+,22-,23+/m0/s1. The minimum Gasteiger partial charge on any atom is -0.349 e. The van der Waals surface area contributed by atoms with Gasteiger partial charge in [-0.05, 0) is 81.6 Å². The molecule has 0 spiro atoms. The van der Waals surface area contributed by atoms with Gasteiger partial charge in [-0.2, -0.15) is 0 Å². The van der Waals surface area contributed by atoms with Gasteiger partial charge in [0.15, 0.2) is 0 Å². The van der Waals surface area contributed by atoms with Crippen LogP contribution < -0.4 is 5.32 Å². The minimum absolute atomic E-state index is 0.0716. The van der Waals surface area contributed by atoms with Crippen molar-refractivity contribution in [2.24, 2.45) is 34.5 Å². The van der Waals surface area contributed by atoms with Crippen molar-refractivity contribution in [1.82, 2.24) is 10.2 Å². The lowest BCUT2D eigenvalue weighted by Gasteiger charge is -2.58. The highest BCUT2D eigenvalue weighted by molar-refractivity contribution is 5.89. The van der Waals surface area contributed by atoms with E-state index in [9.17, 15) is 9.59 Å². The molecule has 4 rings (SSSR count). The fourth-order valence-corrected chi connectivity index (χ4v) is 7.49. The summed E-state index contributed by atoms with van der Waals surface area (Å²) in [4.78, 5) is 27.1. The van der Waals surface area contributed by atoms with Gasteiger partial charge in [-0.25, -0.2) is 0 Å². The first-order valence-corrected chi connectivity index (χ1v) is 11.1. The van der Waals surface area contributed by atoms with E-state index in [2.05, 4.69) is 39.1 Å². The SMILES string of the molecule is CCN(CC)C(=O)[C@H]1CC[C@H]2[C@@H]3CC[C@H]4NC(=O)C=C[C@]4(C)[C@H]3CC[C@]12C. The Hall–Kier alpha value is -1.32. The summed E-state index contributed by atoms with van der Waals surface area (Å²) in [5.41, 5.74) is 0.241. The second-order valence-electron chi connectivity index (χ2n) is 9.90. The summed E-state index contributed by atoms with van der Waals surface area (Å²) in [6, 6.07) is 0.287. The highest BCUT2D eigenvalue weighted by Crippen LogP contribution is 2.65. The molecule has 0 aromatic carbocycles. The fraction of sp³-hybridized carbons (Fsp3) is 0.826. The zero-order chi connectivity index (χ0) is 19.4. The molecule has 3 fully saturated rings. The highest BCUT2D eigenvalue weighted by atomic mass is 16.2. The van der Waals surface area contributed by atoms with E-state index in [4.69, 9.17) is 0 Å². The van der Waals surface area contributed by atoms with Crippen LogP contribution >= 0.6 is 0 Å². The summed E-state index contributed by atoms with van der Waals surface area (Å²) in [7, 11) is 0.